The number of carbonyl (C=O) groups is 1. The molecule has 0 fully saturated rings. The maximum atomic E-state index is 11.2. The van der Waals surface area contributed by atoms with Crippen molar-refractivity contribution in [3.05, 3.63) is 58.1 Å². The summed E-state index contributed by atoms with van der Waals surface area (Å²) in [5.41, 5.74) is 1.08. The van der Waals surface area contributed by atoms with E-state index in [1.807, 2.05) is 0 Å². The summed E-state index contributed by atoms with van der Waals surface area (Å²) in [6, 6.07) is 11.9. The molecule has 0 saturated carbocycles. The van der Waals surface area contributed by atoms with Gasteiger partial charge >= 0.3 is 0 Å². The zero-order valence-electron chi connectivity index (χ0n) is 11.8. The molecule has 4 nitrogen and oxygen atoms in total. The lowest BCUT2D eigenvalue weighted by atomic mass is 10.1. The largest absolute Gasteiger partial charge is 0.488 e. The molecule has 0 bridgehead atoms. The van der Waals surface area contributed by atoms with E-state index in [-0.39, 0.29) is 12.5 Å². The second kappa shape index (κ2) is 7.49. The normalized spacial score (nSPS) is 11.8. The second-order valence-electron chi connectivity index (χ2n) is 4.67. The lowest BCUT2D eigenvalue weighted by molar-refractivity contribution is -0.114. The predicted octanol–water partition coefficient (Wildman–Crippen LogP) is 4.06. The molecule has 0 aromatic heterocycles. The van der Waals surface area contributed by atoms with Crippen LogP contribution < -0.4 is 10.1 Å². The Balaban J connectivity index is 2.08. The highest BCUT2D eigenvalue weighted by molar-refractivity contribution is 6.35. The van der Waals surface area contributed by atoms with Gasteiger partial charge in [-0.05, 0) is 24.3 Å². The van der Waals surface area contributed by atoms with Gasteiger partial charge in [0, 0.05) is 22.5 Å². The highest BCUT2D eigenvalue weighted by Gasteiger charge is 2.14. The van der Waals surface area contributed by atoms with Crippen LogP contribution in [0, 0.1) is 0 Å². The Kier molecular flexibility index (Phi) is 5.66. The summed E-state index contributed by atoms with van der Waals surface area (Å²) in [6.07, 6.45) is -0.907. The Morgan fingerprint density at radius 3 is 2.68 bits per heavy atom. The third-order valence-corrected chi connectivity index (χ3v) is 3.48. The van der Waals surface area contributed by atoms with Crippen LogP contribution in [-0.4, -0.2) is 17.6 Å². The molecule has 2 aromatic rings. The third kappa shape index (κ3) is 4.37. The highest BCUT2D eigenvalue weighted by atomic mass is 35.5. The first-order chi connectivity index (χ1) is 10.5. The van der Waals surface area contributed by atoms with Gasteiger partial charge in [0.15, 0.2) is 0 Å². The fraction of sp³-hybridized carbons (Fsp3) is 0.188. The van der Waals surface area contributed by atoms with Gasteiger partial charge in [-0.1, -0.05) is 41.4 Å². The summed E-state index contributed by atoms with van der Waals surface area (Å²) >= 11 is 11.9. The standard InChI is InChI=1S/C16H15Cl2NO3/c1-10(20)19-14-4-2-3-5-16(14)22-9-15(21)12-7-6-11(17)8-13(12)18/h2-8,15,21H,9H2,1H3,(H,19,20). The molecule has 0 aliphatic heterocycles. The summed E-state index contributed by atoms with van der Waals surface area (Å²) in [7, 11) is 0. The Morgan fingerprint density at radius 2 is 2.00 bits per heavy atom. The van der Waals surface area contributed by atoms with Crippen LogP contribution in [0.3, 0.4) is 0 Å². The number of aliphatic hydroxyl groups is 1. The SMILES string of the molecule is CC(=O)Nc1ccccc1OCC(O)c1ccc(Cl)cc1Cl. The van der Waals surface area contributed by atoms with Gasteiger partial charge in [0.1, 0.15) is 18.5 Å². The van der Waals surface area contributed by atoms with Crippen LogP contribution >= 0.6 is 23.2 Å². The summed E-state index contributed by atoms with van der Waals surface area (Å²) < 4.78 is 5.58. The molecule has 0 aliphatic carbocycles. The number of para-hydroxylation sites is 2. The molecule has 6 heteroatoms. The van der Waals surface area contributed by atoms with Gasteiger partial charge < -0.3 is 15.2 Å². The Hall–Kier alpha value is -1.75. The molecule has 0 heterocycles. The van der Waals surface area contributed by atoms with Crippen molar-refractivity contribution in [1.82, 2.24) is 0 Å². The third-order valence-electron chi connectivity index (χ3n) is 2.92. The van der Waals surface area contributed by atoms with Crippen LogP contribution in [0.1, 0.15) is 18.6 Å². The fourth-order valence-corrected chi connectivity index (χ4v) is 2.45. The molecule has 1 amide bonds. The monoisotopic (exact) mass is 339 g/mol. The lowest BCUT2D eigenvalue weighted by Gasteiger charge is -2.16. The lowest BCUT2D eigenvalue weighted by Crippen LogP contribution is -2.12. The molecular weight excluding hydrogens is 325 g/mol. The van der Waals surface area contributed by atoms with Gasteiger partial charge in [-0.2, -0.15) is 0 Å². The zero-order chi connectivity index (χ0) is 16.1. The minimum atomic E-state index is -0.907. The van der Waals surface area contributed by atoms with Crippen LogP contribution in [0.5, 0.6) is 5.75 Å². The minimum Gasteiger partial charge on any atom is -0.488 e. The Bertz CT molecular complexity index is 676. The van der Waals surface area contributed by atoms with Crippen LogP contribution in [0.25, 0.3) is 0 Å². The van der Waals surface area contributed by atoms with Crippen molar-refractivity contribution < 1.29 is 14.6 Å². The van der Waals surface area contributed by atoms with E-state index in [2.05, 4.69) is 5.32 Å². The van der Waals surface area contributed by atoms with Crippen LogP contribution in [0.15, 0.2) is 42.5 Å². The van der Waals surface area contributed by atoms with Gasteiger partial charge in [-0.3, -0.25) is 4.79 Å². The van der Waals surface area contributed by atoms with Gasteiger partial charge in [-0.15, -0.1) is 0 Å². The fourth-order valence-electron chi connectivity index (χ4n) is 1.92. The molecule has 1 atom stereocenters. The average Bonchev–Trinajstić information content (AvgIpc) is 2.45. The van der Waals surface area contributed by atoms with E-state index in [0.29, 0.717) is 27.0 Å². The topological polar surface area (TPSA) is 58.6 Å². The summed E-state index contributed by atoms with van der Waals surface area (Å²) in [4.78, 5) is 11.2. The van der Waals surface area contributed by atoms with Crippen molar-refractivity contribution in [3.8, 4) is 5.75 Å². The first kappa shape index (κ1) is 16.6. The Morgan fingerprint density at radius 1 is 1.27 bits per heavy atom. The van der Waals surface area contributed by atoms with Crippen molar-refractivity contribution in [2.45, 2.75) is 13.0 Å². The molecule has 0 spiro atoms. The van der Waals surface area contributed by atoms with Crippen molar-refractivity contribution in [2.24, 2.45) is 0 Å². The molecule has 0 aliphatic rings. The van der Waals surface area contributed by atoms with Crippen molar-refractivity contribution in [1.29, 1.82) is 0 Å². The van der Waals surface area contributed by atoms with Crippen LogP contribution in [0.4, 0.5) is 5.69 Å². The zero-order valence-corrected chi connectivity index (χ0v) is 13.4. The van der Waals surface area contributed by atoms with Crippen LogP contribution in [-0.2, 0) is 4.79 Å². The quantitative estimate of drug-likeness (QED) is 0.863. The molecule has 2 aromatic carbocycles. The first-order valence-corrected chi connectivity index (χ1v) is 7.35. The van der Waals surface area contributed by atoms with Gasteiger partial charge in [0.05, 0.1) is 5.69 Å². The smallest absolute Gasteiger partial charge is 0.221 e. The number of anilines is 1. The van der Waals surface area contributed by atoms with E-state index in [0.717, 1.165) is 0 Å². The number of rotatable bonds is 5. The maximum Gasteiger partial charge on any atom is 0.221 e. The van der Waals surface area contributed by atoms with E-state index in [1.54, 1.807) is 42.5 Å². The highest BCUT2D eigenvalue weighted by Crippen LogP contribution is 2.29. The van der Waals surface area contributed by atoms with Gasteiger partial charge in [0.2, 0.25) is 5.91 Å². The van der Waals surface area contributed by atoms with E-state index in [1.165, 1.54) is 6.92 Å². The van der Waals surface area contributed by atoms with Gasteiger partial charge in [0.25, 0.3) is 0 Å². The van der Waals surface area contributed by atoms with E-state index in [4.69, 9.17) is 27.9 Å². The van der Waals surface area contributed by atoms with Crippen molar-refractivity contribution >= 4 is 34.8 Å². The van der Waals surface area contributed by atoms with Crippen molar-refractivity contribution in [3.63, 3.8) is 0 Å². The number of hydrogen-bond acceptors (Lipinski definition) is 3. The van der Waals surface area contributed by atoms with E-state index < -0.39 is 6.10 Å². The number of benzene rings is 2. The second-order valence-corrected chi connectivity index (χ2v) is 5.51. The molecule has 2 N–H and O–H groups in total. The van der Waals surface area contributed by atoms with Crippen molar-refractivity contribution in [2.75, 3.05) is 11.9 Å². The number of carbonyl (C=O) groups excluding carboxylic acids is 1. The molecule has 2 rings (SSSR count). The number of aliphatic hydroxyl groups excluding tert-OH is 1. The van der Waals surface area contributed by atoms with E-state index >= 15 is 0 Å². The van der Waals surface area contributed by atoms with E-state index in [9.17, 15) is 9.90 Å². The number of amides is 1. The molecular formula is C16H15Cl2NO3. The molecule has 116 valence electrons. The van der Waals surface area contributed by atoms with Gasteiger partial charge in [-0.25, -0.2) is 0 Å². The number of ether oxygens (including phenoxy) is 1. The number of halogens is 2. The summed E-state index contributed by atoms with van der Waals surface area (Å²) in [6.45, 7) is 1.41. The number of hydrogen-bond donors (Lipinski definition) is 2. The number of nitrogens with one attached hydrogen (secondary N) is 1. The molecule has 1 unspecified atom stereocenters. The molecule has 22 heavy (non-hydrogen) atoms. The maximum absolute atomic E-state index is 11.2. The molecule has 0 saturated heterocycles. The van der Waals surface area contributed by atoms with Crippen LogP contribution in [0.2, 0.25) is 10.0 Å². The minimum absolute atomic E-state index is 0.00203. The Labute approximate surface area is 138 Å². The first-order valence-electron chi connectivity index (χ1n) is 6.60. The summed E-state index contributed by atoms with van der Waals surface area (Å²) in [5, 5.41) is 13.7. The average molecular weight is 340 g/mol. The molecule has 0 radical (unpaired) electrons. The summed E-state index contributed by atoms with van der Waals surface area (Å²) in [5.74, 6) is 0.277. The predicted molar refractivity (Wildman–Crippen MR) is 87.7 cm³/mol.